The van der Waals surface area contributed by atoms with Crippen molar-refractivity contribution in [3.05, 3.63) is 50.9 Å². The summed E-state index contributed by atoms with van der Waals surface area (Å²) in [5.74, 6) is 0. The van der Waals surface area contributed by atoms with Crippen LogP contribution in [0.15, 0.2) is 39.8 Å². The van der Waals surface area contributed by atoms with E-state index in [2.05, 4.69) is 37.7 Å². The second-order valence-electron chi connectivity index (χ2n) is 3.71. The van der Waals surface area contributed by atoms with Crippen LogP contribution in [0.5, 0.6) is 0 Å². The molecule has 0 aromatic carbocycles. The maximum Gasteiger partial charge on any atom is 0.0410 e. The minimum absolute atomic E-state index is 0.0601. The van der Waals surface area contributed by atoms with Crippen LogP contribution in [0.3, 0.4) is 0 Å². The van der Waals surface area contributed by atoms with E-state index in [-0.39, 0.29) is 6.04 Å². The number of nitrogens with two attached hydrogens (primary N) is 1. The summed E-state index contributed by atoms with van der Waals surface area (Å²) in [7, 11) is 0. The van der Waals surface area contributed by atoms with Gasteiger partial charge in [0.25, 0.3) is 0 Å². The first-order valence-corrected chi connectivity index (χ1v) is 6.86. The summed E-state index contributed by atoms with van der Waals surface area (Å²) in [6.45, 7) is 0. The number of aryl methyl sites for hydroxylation is 1. The fraction of sp³-hybridized carbons (Fsp3) is 0.250. The monoisotopic (exact) mass is 296 g/mol. The third kappa shape index (κ3) is 3.14. The zero-order chi connectivity index (χ0) is 11.4. The normalized spacial score (nSPS) is 12.6. The highest BCUT2D eigenvalue weighted by molar-refractivity contribution is 9.10. The number of halogens is 1. The van der Waals surface area contributed by atoms with Gasteiger partial charge in [-0.1, -0.05) is 0 Å². The molecule has 0 spiro atoms. The second-order valence-corrected chi connectivity index (χ2v) is 5.41. The summed E-state index contributed by atoms with van der Waals surface area (Å²) in [6, 6.07) is 4.24. The fourth-order valence-electron chi connectivity index (χ4n) is 1.55. The van der Waals surface area contributed by atoms with Crippen molar-refractivity contribution < 1.29 is 0 Å². The predicted octanol–water partition coefficient (Wildman–Crippen LogP) is 3.54. The van der Waals surface area contributed by atoms with E-state index < -0.39 is 0 Å². The Labute approximate surface area is 108 Å². The van der Waals surface area contributed by atoms with Crippen molar-refractivity contribution in [3.63, 3.8) is 0 Å². The van der Waals surface area contributed by atoms with Crippen molar-refractivity contribution in [2.24, 2.45) is 5.73 Å². The Bertz CT molecular complexity index is 442. The Morgan fingerprint density at radius 2 is 2.31 bits per heavy atom. The molecule has 4 heteroatoms. The molecule has 0 aliphatic rings. The van der Waals surface area contributed by atoms with Gasteiger partial charge in [-0.05, 0) is 62.8 Å². The first kappa shape index (κ1) is 11.8. The maximum atomic E-state index is 6.12. The largest absolute Gasteiger partial charge is 0.324 e. The van der Waals surface area contributed by atoms with Crippen LogP contribution in [0.2, 0.25) is 0 Å². The average Bonchev–Trinajstić information content (AvgIpc) is 2.78. The van der Waals surface area contributed by atoms with Crippen LogP contribution in [0.1, 0.15) is 23.6 Å². The summed E-state index contributed by atoms with van der Waals surface area (Å²) < 4.78 is 0.982. The van der Waals surface area contributed by atoms with Gasteiger partial charge in [0, 0.05) is 22.9 Å². The van der Waals surface area contributed by atoms with Crippen LogP contribution in [0, 0.1) is 0 Å². The number of rotatable bonds is 4. The Morgan fingerprint density at radius 3 is 3.00 bits per heavy atom. The lowest BCUT2D eigenvalue weighted by Crippen LogP contribution is -2.11. The van der Waals surface area contributed by atoms with E-state index >= 15 is 0 Å². The molecule has 0 aliphatic heterocycles. The smallest absolute Gasteiger partial charge is 0.0410 e. The Hall–Kier alpha value is -0.710. The molecule has 2 aromatic rings. The first-order chi connectivity index (χ1) is 7.75. The standard InChI is InChI=1S/C12H13BrN2S/c13-11-5-10(6-15-7-11)12(14)2-1-9-3-4-16-8-9/h3-8,12H,1-2,14H2. The van der Waals surface area contributed by atoms with Crippen molar-refractivity contribution in [2.75, 3.05) is 0 Å². The van der Waals surface area contributed by atoms with Crippen molar-refractivity contribution in [1.82, 2.24) is 4.98 Å². The molecule has 2 nitrogen and oxygen atoms in total. The molecule has 1 unspecified atom stereocenters. The SMILES string of the molecule is NC(CCc1ccsc1)c1cncc(Br)c1. The molecule has 0 saturated heterocycles. The first-order valence-electron chi connectivity index (χ1n) is 5.13. The van der Waals surface area contributed by atoms with Crippen LogP contribution in [0.25, 0.3) is 0 Å². The summed E-state index contributed by atoms with van der Waals surface area (Å²) in [5.41, 5.74) is 8.57. The number of hydrogen-bond donors (Lipinski definition) is 1. The van der Waals surface area contributed by atoms with Gasteiger partial charge in [-0.15, -0.1) is 0 Å². The van der Waals surface area contributed by atoms with E-state index in [0.29, 0.717) is 0 Å². The molecular formula is C12H13BrN2S. The Morgan fingerprint density at radius 1 is 1.44 bits per heavy atom. The number of hydrogen-bond acceptors (Lipinski definition) is 3. The van der Waals surface area contributed by atoms with Crippen LogP contribution in [-0.4, -0.2) is 4.98 Å². The molecule has 0 amide bonds. The van der Waals surface area contributed by atoms with Crippen molar-refractivity contribution in [3.8, 4) is 0 Å². The van der Waals surface area contributed by atoms with Gasteiger partial charge >= 0.3 is 0 Å². The van der Waals surface area contributed by atoms with Gasteiger partial charge < -0.3 is 5.73 Å². The van der Waals surface area contributed by atoms with Crippen LogP contribution in [-0.2, 0) is 6.42 Å². The van der Waals surface area contributed by atoms with Gasteiger partial charge in [-0.3, -0.25) is 4.98 Å². The van der Waals surface area contributed by atoms with Crippen LogP contribution < -0.4 is 5.73 Å². The molecule has 1 atom stereocenters. The lowest BCUT2D eigenvalue weighted by molar-refractivity contribution is 0.649. The van der Waals surface area contributed by atoms with Crippen molar-refractivity contribution in [1.29, 1.82) is 0 Å². The average molecular weight is 297 g/mol. The minimum Gasteiger partial charge on any atom is -0.324 e. The highest BCUT2D eigenvalue weighted by atomic mass is 79.9. The molecule has 2 N–H and O–H groups in total. The van der Waals surface area contributed by atoms with Gasteiger partial charge in [-0.2, -0.15) is 11.3 Å². The van der Waals surface area contributed by atoms with Crippen LogP contribution >= 0.6 is 27.3 Å². The predicted molar refractivity (Wildman–Crippen MR) is 71.5 cm³/mol. The summed E-state index contributed by atoms with van der Waals surface area (Å²) in [5, 5.41) is 4.27. The van der Waals surface area contributed by atoms with Gasteiger partial charge in [0.1, 0.15) is 0 Å². The molecule has 0 aliphatic carbocycles. The Balaban J connectivity index is 1.95. The van der Waals surface area contributed by atoms with E-state index in [9.17, 15) is 0 Å². The van der Waals surface area contributed by atoms with Gasteiger partial charge in [0.05, 0.1) is 0 Å². The van der Waals surface area contributed by atoms with E-state index in [1.165, 1.54) is 5.56 Å². The summed E-state index contributed by atoms with van der Waals surface area (Å²) >= 11 is 5.13. The zero-order valence-electron chi connectivity index (χ0n) is 8.77. The molecule has 0 fully saturated rings. The molecule has 0 radical (unpaired) electrons. The third-order valence-corrected chi connectivity index (χ3v) is 3.64. The second kappa shape index (κ2) is 5.57. The number of pyridine rings is 1. The highest BCUT2D eigenvalue weighted by Gasteiger charge is 2.07. The van der Waals surface area contributed by atoms with Gasteiger partial charge in [0.2, 0.25) is 0 Å². The molecule has 2 rings (SSSR count). The van der Waals surface area contributed by atoms with Gasteiger partial charge in [0.15, 0.2) is 0 Å². The number of aromatic nitrogens is 1. The van der Waals surface area contributed by atoms with Crippen molar-refractivity contribution in [2.45, 2.75) is 18.9 Å². The van der Waals surface area contributed by atoms with E-state index in [4.69, 9.17) is 5.73 Å². The lowest BCUT2D eigenvalue weighted by atomic mass is 10.0. The molecular weight excluding hydrogens is 284 g/mol. The van der Waals surface area contributed by atoms with Crippen LogP contribution in [0.4, 0.5) is 0 Å². The van der Waals surface area contributed by atoms with E-state index in [1.807, 2.05) is 12.3 Å². The molecule has 2 aromatic heterocycles. The fourth-order valence-corrected chi connectivity index (χ4v) is 2.64. The molecule has 0 saturated carbocycles. The summed E-state index contributed by atoms with van der Waals surface area (Å²) in [6.07, 6.45) is 5.59. The van der Waals surface area contributed by atoms with E-state index in [1.54, 1.807) is 17.5 Å². The topological polar surface area (TPSA) is 38.9 Å². The zero-order valence-corrected chi connectivity index (χ0v) is 11.2. The summed E-state index contributed by atoms with van der Waals surface area (Å²) in [4.78, 5) is 4.13. The molecule has 0 bridgehead atoms. The van der Waals surface area contributed by atoms with E-state index in [0.717, 1.165) is 22.9 Å². The lowest BCUT2D eigenvalue weighted by Gasteiger charge is -2.11. The maximum absolute atomic E-state index is 6.12. The molecule has 2 heterocycles. The van der Waals surface area contributed by atoms with Crippen molar-refractivity contribution >= 4 is 27.3 Å². The Kier molecular flexibility index (Phi) is 4.09. The highest BCUT2D eigenvalue weighted by Crippen LogP contribution is 2.19. The quantitative estimate of drug-likeness (QED) is 0.937. The molecule has 84 valence electrons. The third-order valence-electron chi connectivity index (χ3n) is 2.48. The number of thiophene rings is 1. The minimum atomic E-state index is 0.0601. The number of nitrogens with zero attached hydrogens (tertiary/aromatic N) is 1. The molecule has 16 heavy (non-hydrogen) atoms. The van der Waals surface area contributed by atoms with Gasteiger partial charge in [-0.25, -0.2) is 0 Å².